The first-order valence-corrected chi connectivity index (χ1v) is 10.8. The van der Waals surface area contributed by atoms with Gasteiger partial charge < -0.3 is 14.5 Å². The molecule has 3 rings (SSSR count). The molecule has 1 fully saturated rings. The number of aromatic nitrogens is 2. The Kier molecular flexibility index (Phi) is 6.24. The third-order valence-electron chi connectivity index (χ3n) is 5.07. The second kappa shape index (κ2) is 8.22. The maximum Gasteiger partial charge on any atom is 0.410 e. The van der Waals surface area contributed by atoms with Gasteiger partial charge in [0.15, 0.2) is 5.82 Å². The zero-order chi connectivity index (χ0) is 21.5. The van der Waals surface area contributed by atoms with Gasteiger partial charge >= 0.3 is 6.09 Å². The third-order valence-corrected chi connectivity index (χ3v) is 5.85. The SMILES string of the molecule is CCN(c1nc(Cl)nc2c(F)c(Br)ccc12)[C@@H]1CCN(C(=O)OC(C)(C)C)[C@@H]1C. The number of halogens is 3. The summed E-state index contributed by atoms with van der Waals surface area (Å²) in [6.07, 6.45) is 0.417. The van der Waals surface area contributed by atoms with Gasteiger partial charge in [0.05, 0.1) is 16.6 Å². The molecule has 6 nitrogen and oxygen atoms in total. The van der Waals surface area contributed by atoms with Gasteiger partial charge in [0.25, 0.3) is 0 Å². The highest BCUT2D eigenvalue weighted by Crippen LogP contribution is 2.34. The summed E-state index contributed by atoms with van der Waals surface area (Å²) in [6, 6.07) is 3.31. The highest BCUT2D eigenvalue weighted by Gasteiger charge is 2.39. The van der Waals surface area contributed by atoms with Gasteiger partial charge in [0.1, 0.15) is 16.9 Å². The van der Waals surface area contributed by atoms with Gasteiger partial charge in [-0.05, 0) is 80.7 Å². The van der Waals surface area contributed by atoms with Crippen molar-refractivity contribution in [2.45, 2.75) is 58.7 Å². The Balaban J connectivity index is 1.97. The smallest absolute Gasteiger partial charge is 0.410 e. The van der Waals surface area contributed by atoms with Crippen LogP contribution in [0.3, 0.4) is 0 Å². The number of likely N-dealkylation sites (N-methyl/N-ethyl adjacent to an activating group) is 1. The van der Waals surface area contributed by atoms with E-state index in [0.717, 1.165) is 6.42 Å². The Bertz CT molecular complexity index is 937. The molecule has 1 aliphatic heterocycles. The molecule has 1 aromatic heterocycles. The third kappa shape index (κ3) is 4.43. The number of nitrogens with zero attached hydrogens (tertiary/aromatic N) is 4. The lowest BCUT2D eigenvalue weighted by Crippen LogP contribution is -2.47. The molecule has 1 amide bonds. The zero-order valence-corrected chi connectivity index (χ0v) is 19.5. The number of anilines is 1. The molecular weight excluding hydrogens is 463 g/mol. The fourth-order valence-electron chi connectivity index (χ4n) is 3.77. The summed E-state index contributed by atoms with van der Waals surface area (Å²) in [5.74, 6) is 0.0933. The van der Waals surface area contributed by atoms with E-state index in [2.05, 4.69) is 30.8 Å². The minimum Gasteiger partial charge on any atom is -0.444 e. The van der Waals surface area contributed by atoms with Crippen LogP contribution in [0.1, 0.15) is 41.0 Å². The number of amides is 1. The molecule has 0 N–H and O–H groups in total. The first-order chi connectivity index (χ1) is 13.5. The number of rotatable bonds is 3. The number of hydrogen-bond donors (Lipinski definition) is 0. The standard InChI is InChI=1S/C20H25BrClFN4O2/c1-6-26(14-9-10-27(11(14)2)19(28)29-20(3,4)5)17-12-7-8-13(21)15(23)16(12)24-18(22)25-17/h7-8,11,14H,6,9-10H2,1-5H3/t11-,14-/m1/s1. The molecule has 1 aromatic carbocycles. The predicted molar refractivity (Wildman–Crippen MR) is 116 cm³/mol. The molecular formula is C20H25BrClFN4O2. The molecule has 2 atom stereocenters. The van der Waals surface area contributed by atoms with Crippen molar-refractivity contribution < 1.29 is 13.9 Å². The number of likely N-dealkylation sites (tertiary alicyclic amines) is 1. The first-order valence-electron chi connectivity index (χ1n) is 9.61. The van der Waals surface area contributed by atoms with Gasteiger partial charge in [-0.3, -0.25) is 0 Å². The number of carbonyl (C=O) groups excluding carboxylic acids is 1. The fraction of sp³-hybridized carbons (Fsp3) is 0.550. The second-order valence-electron chi connectivity index (χ2n) is 8.13. The van der Waals surface area contributed by atoms with Gasteiger partial charge in [0, 0.05) is 18.5 Å². The molecule has 0 saturated carbocycles. The average Bonchev–Trinajstić information content (AvgIpc) is 2.99. The van der Waals surface area contributed by atoms with Crippen LogP contribution < -0.4 is 4.90 Å². The van der Waals surface area contributed by atoms with Crippen LogP contribution in [0, 0.1) is 5.82 Å². The summed E-state index contributed by atoms with van der Waals surface area (Å²) in [7, 11) is 0. The van der Waals surface area contributed by atoms with Crippen molar-refractivity contribution in [1.29, 1.82) is 0 Å². The van der Waals surface area contributed by atoms with Crippen LogP contribution in [0.5, 0.6) is 0 Å². The Morgan fingerprint density at radius 1 is 1.41 bits per heavy atom. The minimum atomic E-state index is -0.555. The molecule has 0 unspecified atom stereocenters. The van der Waals surface area contributed by atoms with Crippen molar-refractivity contribution in [3.8, 4) is 0 Å². The molecule has 1 aliphatic rings. The largest absolute Gasteiger partial charge is 0.444 e. The number of benzene rings is 1. The molecule has 0 bridgehead atoms. The summed E-state index contributed by atoms with van der Waals surface area (Å²) < 4.78 is 20.5. The lowest BCUT2D eigenvalue weighted by molar-refractivity contribution is 0.0233. The molecule has 9 heteroatoms. The van der Waals surface area contributed by atoms with Crippen molar-refractivity contribution in [2.24, 2.45) is 0 Å². The fourth-order valence-corrected chi connectivity index (χ4v) is 4.26. The molecule has 2 heterocycles. The topological polar surface area (TPSA) is 58.6 Å². The van der Waals surface area contributed by atoms with E-state index in [9.17, 15) is 9.18 Å². The van der Waals surface area contributed by atoms with E-state index in [4.69, 9.17) is 16.3 Å². The summed E-state index contributed by atoms with van der Waals surface area (Å²) in [4.78, 5) is 24.9. The van der Waals surface area contributed by atoms with Gasteiger partial charge in [0.2, 0.25) is 5.28 Å². The van der Waals surface area contributed by atoms with E-state index < -0.39 is 11.4 Å². The van der Waals surface area contributed by atoms with Crippen LogP contribution in [0.2, 0.25) is 5.28 Å². The van der Waals surface area contributed by atoms with E-state index in [-0.39, 0.29) is 29.0 Å². The first kappa shape index (κ1) is 22.0. The van der Waals surface area contributed by atoms with Gasteiger partial charge in [-0.2, -0.15) is 4.98 Å². The van der Waals surface area contributed by atoms with Crippen LogP contribution in [-0.4, -0.2) is 51.7 Å². The zero-order valence-electron chi connectivity index (χ0n) is 17.2. The quantitative estimate of drug-likeness (QED) is 0.542. The lowest BCUT2D eigenvalue weighted by atomic mass is 10.1. The van der Waals surface area contributed by atoms with Gasteiger partial charge in [-0.15, -0.1) is 0 Å². The van der Waals surface area contributed by atoms with E-state index in [1.807, 2.05) is 34.6 Å². The number of fused-ring (bicyclic) bond motifs is 1. The van der Waals surface area contributed by atoms with Crippen molar-refractivity contribution in [2.75, 3.05) is 18.0 Å². The van der Waals surface area contributed by atoms with Crippen molar-refractivity contribution in [1.82, 2.24) is 14.9 Å². The number of ether oxygens (including phenoxy) is 1. The van der Waals surface area contributed by atoms with Crippen LogP contribution >= 0.6 is 27.5 Å². The highest BCUT2D eigenvalue weighted by atomic mass is 79.9. The van der Waals surface area contributed by atoms with Crippen LogP contribution in [-0.2, 0) is 4.74 Å². The molecule has 0 aliphatic carbocycles. The summed E-state index contributed by atoms with van der Waals surface area (Å²) in [5.41, 5.74) is -0.386. The summed E-state index contributed by atoms with van der Waals surface area (Å²) >= 11 is 9.32. The monoisotopic (exact) mass is 486 g/mol. The van der Waals surface area contributed by atoms with Crippen molar-refractivity contribution >= 4 is 50.3 Å². The Labute approximate surface area is 183 Å². The Morgan fingerprint density at radius 3 is 2.72 bits per heavy atom. The van der Waals surface area contributed by atoms with E-state index in [1.165, 1.54) is 0 Å². The average molecular weight is 488 g/mol. The van der Waals surface area contributed by atoms with Crippen molar-refractivity contribution in [3.05, 3.63) is 27.7 Å². The van der Waals surface area contributed by atoms with E-state index in [0.29, 0.717) is 28.8 Å². The second-order valence-corrected chi connectivity index (χ2v) is 9.32. The van der Waals surface area contributed by atoms with Gasteiger partial charge in [-0.1, -0.05) is 0 Å². The maximum atomic E-state index is 14.6. The van der Waals surface area contributed by atoms with E-state index >= 15 is 0 Å². The molecule has 2 aromatic rings. The maximum absolute atomic E-state index is 14.6. The van der Waals surface area contributed by atoms with Crippen molar-refractivity contribution in [3.63, 3.8) is 0 Å². The van der Waals surface area contributed by atoms with Crippen LogP contribution in [0.25, 0.3) is 10.9 Å². The molecule has 0 radical (unpaired) electrons. The summed E-state index contributed by atoms with van der Waals surface area (Å²) in [6.45, 7) is 10.7. The molecule has 158 valence electrons. The highest BCUT2D eigenvalue weighted by molar-refractivity contribution is 9.10. The van der Waals surface area contributed by atoms with Crippen LogP contribution in [0.15, 0.2) is 16.6 Å². The number of hydrogen-bond acceptors (Lipinski definition) is 5. The predicted octanol–water partition coefficient (Wildman–Crippen LogP) is 5.41. The Hall–Kier alpha value is -1.67. The van der Waals surface area contributed by atoms with E-state index in [1.54, 1.807) is 17.0 Å². The Morgan fingerprint density at radius 2 is 2.10 bits per heavy atom. The van der Waals surface area contributed by atoms with Gasteiger partial charge in [-0.25, -0.2) is 14.2 Å². The molecule has 0 spiro atoms. The number of carbonyl (C=O) groups is 1. The molecule has 29 heavy (non-hydrogen) atoms. The normalized spacial score (nSPS) is 19.7. The molecule has 1 saturated heterocycles. The summed E-state index contributed by atoms with van der Waals surface area (Å²) in [5, 5.41) is 0.567. The van der Waals surface area contributed by atoms with Crippen LogP contribution in [0.4, 0.5) is 15.0 Å². The minimum absolute atomic E-state index is 0.00612. The lowest BCUT2D eigenvalue weighted by Gasteiger charge is -2.34.